The Labute approximate surface area is 238 Å². The van der Waals surface area contributed by atoms with Gasteiger partial charge in [0.2, 0.25) is 0 Å². The highest BCUT2D eigenvalue weighted by molar-refractivity contribution is 9.10. The monoisotopic (exact) mass is 586 g/mol. The molecule has 4 aromatic rings. The molecule has 5 nitrogen and oxygen atoms in total. The van der Waals surface area contributed by atoms with Gasteiger partial charge in [-0.3, -0.25) is 4.98 Å². The van der Waals surface area contributed by atoms with E-state index < -0.39 is 0 Å². The Kier molecular flexibility index (Phi) is 6.97. The van der Waals surface area contributed by atoms with E-state index in [-0.39, 0.29) is 12.1 Å². The fourth-order valence-electron chi connectivity index (χ4n) is 5.93. The van der Waals surface area contributed by atoms with Gasteiger partial charge < -0.3 is 19.5 Å². The average molecular weight is 588 g/mol. The zero-order chi connectivity index (χ0) is 26.2. The van der Waals surface area contributed by atoms with Crippen molar-refractivity contribution in [1.82, 2.24) is 14.9 Å². The van der Waals surface area contributed by atoms with Gasteiger partial charge in [0.05, 0.1) is 23.9 Å². The molecule has 0 bridgehead atoms. The van der Waals surface area contributed by atoms with Crippen molar-refractivity contribution in [3.05, 3.63) is 106 Å². The molecule has 0 radical (unpaired) electrons. The van der Waals surface area contributed by atoms with Gasteiger partial charge in [-0.25, -0.2) is 0 Å². The summed E-state index contributed by atoms with van der Waals surface area (Å²) >= 11 is 9.60. The summed E-state index contributed by atoms with van der Waals surface area (Å²) in [6.45, 7) is 4.35. The molecule has 6 rings (SSSR count). The summed E-state index contributed by atoms with van der Waals surface area (Å²) in [5, 5.41) is 4.29. The normalized spacial score (nSPS) is 19.7. The summed E-state index contributed by atoms with van der Waals surface area (Å²) in [6, 6.07) is 25.0. The first kappa shape index (κ1) is 25.1. The molecular weight excluding hydrogens is 556 g/mol. The summed E-state index contributed by atoms with van der Waals surface area (Å²) < 4.78 is 9.60. The van der Waals surface area contributed by atoms with Crippen LogP contribution < -0.4 is 15.0 Å². The maximum absolute atomic E-state index is 6.23. The van der Waals surface area contributed by atoms with E-state index in [9.17, 15) is 0 Å². The van der Waals surface area contributed by atoms with Crippen LogP contribution in [0.1, 0.15) is 60.4 Å². The summed E-state index contributed by atoms with van der Waals surface area (Å²) in [5.41, 5.74) is 6.71. The second-order valence-electron chi connectivity index (χ2n) is 10.2. The first-order valence-electron chi connectivity index (χ1n) is 13.2. The Hall–Kier alpha value is -3.16. The Morgan fingerprint density at radius 2 is 1.74 bits per heavy atom. The lowest BCUT2D eigenvalue weighted by Gasteiger charge is -2.28. The Balaban J connectivity index is 1.41. The Bertz CT molecular complexity index is 1450. The smallest absolute Gasteiger partial charge is 0.174 e. The molecule has 1 saturated carbocycles. The lowest BCUT2D eigenvalue weighted by atomic mass is 9.96. The second kappa shape index (κ2) is 10.5. The van der Waals surface area contributed by atoms with E-state index in [2.05, 4.69) is 105 Å². The molecule has 0 spiro atoms. The van der Waals surface area contributed by atoms with Gasteiger partial charge in [-0.1, -0.05) is 28.1 Å². The number of nitrogens with one attached hydrogen (secondary N) is 1. The van der Waals surface area contributed by atoms with Crippen LogP contribution in [0.5, 0.6) is 5.75 Å². The summed E-state index contributed by atoms with van der Waals surface area (Å²) in [7, 11) is 0. The standard InChI is InChI=1S/C31H31BrN4OS/c1-20-18-27(21(2)35(20)24-9-7-8-22(32)19-24)30-29(28-12-5-6-17-33-28)34-31(38)36(30)23-13-15-26(16-14-23)37-25-10-3-4-11-25/h5-9,12-19,25,29-30H,3-4,10-11H2,1-2H3,(H,34,38)/t29-,30+/m0/s1. The predicted molar refractivity (Wildman–Crippen MR) is 160 cm³/mol. The molecule has 194 valence electrons. The number of hydrogen-bond acceptors (Lipinski definition) is 3. The number of thiocarbonyl (C=S) groups is 1. The van der Waals surface area contributed by atoms with Crippen LogP contribution in [0.2, 0.25) is 0 Å². The number of benzene rings is 2. The number of pyridine rings is 1. The number of ether oxygens (including phenoxy) is 1. The van der Waals surface area contributed by atoms with Crippen LogP contribution in [0.3, 0.4) is 0 Å². The van der Waals surface area contributed by atoms with Gasteiger partial charge in [-0.05, 0) is 118 Å². The average Bonchev–Trinajstić information content (AvgIpc) is 3.63. The molecule has 0 amide bonds. The van der Waals surface area contributed by atoms with Crippen LogP contribution in [-0.4, -0.2) is 20.8 Å². The Morgan fingerprint density at radius 3 is 2.45 bits per heavy atom. The van der Waals surface area contributed by atoms with Crippen molar-refractivity contribution in [3.8, 4) is 11.4 Å². The van der Waals surface area contributed by atoms with Gasteiger partial charge in [0, 0.05) is 33.4 Å². The lowest BCUT2D eigenvalue weighted by Crippen LogP contribution is -2.29. The number of rotatable bonds is 6. The molecule has 0 unspecified atom stereocenters. The summed E-state index contributed by atoms with van der Waals surface area (Å²) in [5.74, 6) is 0.921. The molecule has 2 aromatic heterocycles. The van der Waals surface area contributed by atoms with Gasteiger partial charge in [0.15, 0.2) is 5.11 Å². The third-order valence-corrected chi connectivity index (χ3v) is 8.48. The molecule has 2 fully saturated rings. The number of anilines is 1. The topological polar surface area (TPSA) is 42.3 Å². The van der Waals surface area contributed by atoms with Crippen molar-refractivity contribution in [2.75, 3.05) is 4.90 Å². The van der Waals surface area contributed by atoms with E-state index >= 15 is 0 Å². The highest BCUT2D eigenvalue weighted by Crippen LogP contribution is 2.44. The summed E-state index contributed by atoms with van der Waals surface area (Å²) in [4.78, 5) is 6.95. The number of aryl methyl sites for hydroxylation is 1. The molecule has 1 N–H and O–H groups in total. The van der Waals surface area contributed by atoms with Crippen LogP contribution in [0.15, 0.2) is 83.5 Å². The molecule has 2 aromatic carbocycles. The number of aromatic nitrogens is 2. The van der Waals surface area contributed by atoms with E-state index in [0.717, 1.165) is 40.1 Å². The molecule has 2 atom stereocenters. The highest BCUT2D eigenvalue weighted by atomic mass is 79.9. The lowest BCUT2D eigenvalue weighted by molar-refractivity contribution is 0.210. The molecule has 3 heterocycles. The largest absolute Gasteiger partial charge is 0.490 e. The first-order chi connectivity index (χ1) is 18.5. The van der Waals surface area contributed by atoms with Gasteiger partial charge in [-0.2, -0.15) is 0 Å². The van der Waals surface area contributed by atoms with Crippen LogP contribution in [0.4, 0.5) is 5.69 Å². The van der Waals surface area contributed by atoms with Crippen molar-refractivity contribution in [1.29, 1.82) is 0 Å². The minimum absolute atomic E-state index is 0.0638. The van der Waals surface area contributed by atoms with E-state index in [1.54, 1.807) is 0 Å². The third kappa shape index (κ3) is 4.74. The van der Waals surface area contributed by atoms with E-state index in [1.165, 1.54) is 29.8 Å². The van der Waals surface area contributed by atoms with Crippen molar-refractivity contribution >= 4 is 38.9 Å². The summed E-state index contributed by atoms with van der Waals surface area (Å²) in [6.07, 6.45) is 6.98. The predicted octanol–water partition coefficient (Wildman–Crippen LogP) is 7.75. The minimum Gasteiger partial charge on any atom is -0.490 e. The third-order valence-electron chi connectivity index (χ3n) is 7.67. The Morgan fingerprint density at radius 1 is 0.947 bits per heavy atom. The molecule has 1 aliphatic carbocycles. The number of hydrogen-bond donors (Lipinski definition) is 1. The van der Waals surface area contributed by atoms with Crippen molar-refractivity contribution in [3.63, 3.8) is 0 Å². The molecular formula is C31H31BrN4OS. The first-order valence-corrected chi connectivity index (χ1v) is 14.4. The zero-order valence-corrected chi connectivity index (χ0v) is 24.0. The van der Waals surface area contributed by atoms with Gasteiger partial charge >= 0.3 is 0 Å². The van der Waals surface area contributed by atoms with Crippen molar-refractivity contribution in [2.45, 2.75) is 57.7 Å². The van der Waals surface area contributed by atoms with Crippen molar-refractivity contribution < 1.29 is 4.74 Å². The van der Waals surface area contributed by atoms with E-state index in [1.807, 2.05) is 18.3 Å². The van der Waals surface area contributed by atoms with Gasteiger partial charge in [0.25, 0.3) is 0 Å². The number of nitrogens with zero attached hydrogens (tertiary/aromatic N) is 3. The molecule has 7 heteroatoms. The van der Waals surface area contributed by atoms with Crippen LogP contribution in [0.25, 0.3) is 5.69 Å². The van der Waals surface area contributed by atoms with Gasteiger partial charge in [-0.15, -0.1) is 0 Å². The number of halogens is 1. The quantitative estimate of drug-likeness (QED) is 0.234. The fourth-order valence-corrected chi connectivity index (χ4v) is 6.67. The van der Waals surface area contributed by atoms with E-state index in [0.29, 0.717) is 11.2 Å². The van der Waals surface area contributed by atoms with Crippen LogP contribution in [-0.2, 0) is 0 Å². The zero-order valence-electron chi connectivity index (χ0n) is 21.6. The van der Waals surface area contributed by atoms with Gasteiger partial charge in [0.1, 0.15) is 5.75 Å². The molecule has 1 aliphatic heterocycles. The van der Waals surface area contributed by atoms with Crippen LogP contribution >= 0.6 is 28.1 Å². The maximum atomic E-state index is 6.23. The molecule has 2 aliphatic rings. The second-order valence-corrected chi connectivity index (χ2v) is 11.5. The molecule has 38 heavy (non-hydrogen) atoms. The fraction of sp³-hybridized carbons (Fsp3) is 0.290. The van der Waals surface area contributed by atoms with E-state index in [4.69, 9.17) is 21.9 Å². The SMILES string of the molecule is Cc1cc([C@@H]2[C@H](c3ccccn3)NC(=S)N2c2ccc(OC3CCCC3)cc2)c(C)n1-c1cccc(Br)c1. The highest BCUT2D eigenvalue weighted by Gasteiger charge is 2.42. The molecule has 1 saturated heterocycles. The maximum Gasteiger partial charge on any atom is 0.174 e. The van der Waals surface area contributed by atoms with Crippen molar-refractivity contribution in [2.24, 2.45) is 0 Å². The minimum atomic E-state index is -0.0884. The van der Waals surface area contributed by atoms with Crippen LogP contribution in [0, 0.1) is 13.8 Å².